The van der Waals surface area contributed by atoms with Crippen molar-refractivity contribution in [3.8, 4) is 16.9 Å². The normalized spacial score (nSPS) is 11.9. The molecule has 3 aromatic carbocycles. The molecule has 1 atom stereocenters. The van der Waals surface area contributed by atoms with Crippen molar-refractivity contribution in [3.05, 3.63) is 78.9 Å². The molecule has 0 aromatic heterocycles. The highest BCUT2D eigenvalue weighted by atomic mass is 32.2. The number of esters is 1. The zero-order valence-corrected chi connectivity index (χ0v) is 19.0. The van der Waals surface area contributed by atoms with Crippen LogP contribution in [0.4, 0.5) is 5.69 Å². The van der Waals surface area contributed by atoms with Gasteiger partial charge in [0.05, 0.1) is 12.0 Å². The maximum absolute atomic E-state index is 12.4. The van der Waals surface area contributed by atoms with Crippen LogP contribution in [-0.4, -0.2) is 40.1 Å². The van der Waals surface area contributed by atoms with Crippen LogP contribution in [0.1, 0.15) is 6.92 Å². The number of benzene rings is 3. The summed E-state index contributed by atoms with van der Waals surface area (Å²) in [5.74, 6) is -0.912. The first-order chi connectivity index (χ1) is 15.8. The molecule has 0 radical (unpaired) electrons. The van der Waals surface area contributed by atoms with Gasteiger partial charge in [0.2, 0.25) is 10.0 Å². The first-order valence-corrected chi connectivity index (χ1v) is 11.5. The van der Waals surface area contributed by atoms with Crippen molar-refractivity contribution in [1.29, 1.82) is 0 Å². The van der Waals surface area contributed by atoms with E-state index in [0.29, 0.717) is 11.4 Å². The van der Waals surface area contributed by atoms with Crippen LogP contribution in [0.25, 0.3) is 11.1 Å². The molecule has 0 heterocycles. The Morgan fingerprint density at radius 2 is 1.48 bits per heavy atom. The van der Waals surface area contributed by atoms with Crippen LogP contribution < -0.4 is 14.8 Å². The zero-order valence-electron chi connectivity index (χ0n) is 18.1. The number of methoxy groups -OCH3 is 1. The summed E-state index contributed by atoms with van der Waals surface area (Å²) in [5, 5.41) is 2.63. The number of ether oxygens (including phenoxy) is 2. The fourth-order valence-corrected chi connectivity index (χ4v) is 4.13. The molecule has 0 saturated heterocycles. The molecule has 0 aliphatic rings. The summed E-state index contributed by atoms with van der Waals surface area (Å²) >= 11 is 0. The second-order valence-corrected chi connectivity index (χ2v) is 8.83. The van der Waals surface area contributed by atoms with Crippen LogP contribution in [-0.2, 0) is 24.3 Å². The lowest BCUT2D eigenvalue weighted by atomic mass is 10.1. The molecule has 8 nitrogen and oxygen atoms in total. The number of hydrogen-bond donors (Lipinski definition) is 2. The summed E-state index contributed by atoms with van der Waals surface area (Å²) in [6.07, 6.45) is 0. The molecule has 9 heteroatoms. The largest absolute Gasteiger partial charge is 0.497 e. The molecule has 0 aliphatic heterocycles. The van der Waals surface area contributed by atoms with Crippen LogP contribution in [0.3, 0.4) is 0 Å². The molecule has 33 heavy (non-hydrogen) atoms. The second-order valence-electron chi connectivity index (χ2n) is 7.12. The Hall–Kier alpha value is -3.69. The molecule has 0 fully saturated rings. The molecule has 0 aliphatic carbocycles. The third-order valence-corrected chi connectivity index (χ3v) is 6.23. The Kier molecular flexibility index (Phi) is 7.81. The molecular weight excluding hydrogens is 444 g/mol. The minimum Gasteiger partial charge on any atom is -0.497 e. The first kappa shape index (κ1) is 24.0. The third-order valence-electron chi connectivity index (χ3n) is 4.68. The van der Waals surface area contributed by atoms with Crippen molar-refractivity contribution in [2.24, 2.45) is 0 Å². The molecule has 0 bridgehead atoms. The van der Waals surface area contributed by atoms with Gasteiger partial charge in [0.15, 0.2) is 6.61 Å². The van der Waals surface area contributed by atoms with Crippen molar-refractivity contribution in [3.63, 3.8) is 0 Å². The molecule has 0 spiro atoms. The lowest BCUT2D eigenvalue weighted by molar-refractivity contribution is -0.148. The van der Waals surface area contributed by atoms with Gasteiger partial charge in [-0.3, -0.25) is 9.59 Å². The molecule has 172 valence electrons. The standard InChI is InChI=1S/C24H24N2O6S/c1-17(26-33(29,30)22-14-12-21(31-2)13-15-22)24(28)32-16-23(27)25-20-10-8-19(9-11-20)18-6-4-3-5-7-18/h3-15,17,26H,16H2,1-2H3,(H,25,27). The van der Waals surface area contributed by atoms with Crippen molar-refractivity contribution in [2.75, 3.05) is 19.0 Å². The van der Waals surface area contributed by atoms with Gasteiger partial charge in [-0.2, -0.15) is 4.72 Å². The number of anilines is 1. The van der Waals surface area contributed by atoms with Crippen molar-refractivity contribution >= 4 is 27.6 Å². The maximum Gasteiger partial charge on any atom is 0.324 e. The number of sulfonamides is 1. The minimum absolute atomic E-state index is 0.0281. The van der Waals surface area contributed by atoms with E-state index in [1.165, 1.54) is 38.3 Å². The lowest BCUT2D eigenvalue weighted by Gasteiger charge is -2.14. The highest BCUT2D eigenvalue weighted by Gasteiger charge is 2.23. The quantitative estimate of drug-likeness (QED) is 0.467. The van der Waals surface area contributed by atoms with Crippen molar-refractivity contribution < 1.29 is 27.5 Å². The molecule has 1 unspecified atom stereocenters. The zero-order chi connectivity index (χ0) is 23.8. The highest BCUT2D eigenvalue weighted by molar-refractivity contribution is 7.89. The van der Waals surface area contributed by atoms with Gasteiger partial charge in [0.25, 0.3) is 5.91 Å². The van der Waals surface area contributed by atoms with Crippen molar-refractivity contribution in [2.45, 2.75) is 17.9 Å². The van der Waals surface area contributed by atoms with Crippen LogP contribution >= 0.6 is 0 Å². The topological polar surface area (TPSA) is 111 Å². The first-order valence-electron chi connectivity index (χ1n) is 10.1. The van der Waals surface area contributed by atoms with E-state index in [4.69, 9.17) is 9.47 Å². The van der Waals surface area contributed by atoms with E-state index in [1.807, 2.05) is 42.5 Å². The Labute approximate surface area is 192 Å². The average molecular weight is 469 g/mol. The van der Waals surface area contributed by atoms with Crippen LogP contribution in [0.2, 0.25) is 0 Å². The number of carbonyl (C=O) groups excluding carboxylic acids is 2. The summed E-state index contributed by atoms with van der Waals surface area (Å²) in [7, 11) is -2.48. The average Bonchev–Trinajstić information content (AvgIpc) is 2.83. The van der Waals surface area contributed by atoms with E-state index in [1.54, 1.807) is 12.1 Å². The number of nitrogens with one attached hydrogen (secondary N) is 2. The molecule has 3 aromatic rings. The summed E-state index contributed by atoms with van der Waals surface area (Å²) in [4.78, 5) is 24.3. The SMILES string of the molecule is COc1ccc(S(=O)(=O)NC(C)C(=O)OCC(=O)Nc2ccc(-c3ccccc3)cc2)cc1. The van der Waals surface area contributed by atoms with Gasteiger partial charge in [-0.1, -0.05) is 42.5 Å². The molecular formula is C24H24N2O6S. The third kappa shape index (κ3) is 6.64. The predicted octanol–water partition coefficient (Wildman–Crippen LogP) is 3.21. The molecule has 0 saturated carbocycles. The van der Waals surface area contributed by atoms with Gasteiger partial charge in [-0.15, -0.1) is 0 Å². The number of rotatable bonds is 9. The monoisotopic (exact) mass is 468 g/mol. The predicted molar refractivity (Wildman–Crippen MR) is 124 cm³/mol. The minimum atomic E-state index is -3.95. The second kappa shape index (κ2) is 10.8. The van der Waals surface area contributed by atoms with Crippen LogP contribution in [0.15, 0.2) is 83.8 Å². The number of carbonyl (C=O) groups is 2. The van der Waals surface area contributed by atoms with E-state index in [0.717, 1.165) is 11.1 Å². The lowest BCUT2D eigenvalue weighted by Crippen LogP contribution is -2.40. The van der Waals surface area contributed by atoms with Crippen molar-refractivity contribution in [1.82, 2.24) is 4.72 Å². The molecule has 2 N–H and O–H groups in total. The Morgan fingerprint density at radius 3 is 2.09 bits per heavy atom. The van der Waals surface area contributed by atoms with E-state index < -0.39 is 34.5 Å². The smallest absolute Gasteiger partial charge is 0.324 e. The summed E-state index contributed by atoms with van der Waals surface area (Å²) in [6.45, 7) is 0.789. The number of amides is 1. The van der Waals surface area contributed by atoms with Crippen LogP contribution in [0, 0.1) is 0 Å². The van der Waals surface area contributed by atoms with E-state index in [2.05, 4.69) is 10.0 Å². The fraction of sp³-hybridized carbons (Fsp3) is 0.167. The van der Waals surface area contributed by atoms with E-state index in [9.17, 15) is 18.0 Å². The van der Waals surface area contributed by atoms with Crippen LogP contribution in [0.5, 0.6) is 5.75 Å². The Bertz CT molecular complexity index is 1190. The Balaban J connectivity index is 1.49. The van der Waals surface area contributed by atoms with Gasteiger partial charge in [-0.25, -0.2) is 8.42 Å². The maximum atomic E-state index is 12.4. The summed E-state index contributed by atoms with van der Waals surface area (Å²) in [5.41, 5.74) is 2.59. The molecule has 3 rings (SSSR count). The van der Waals surface area contributed by atoms with Gasteiger partial charge >= 0.3 is 5.97 Å². The summed E-state index contributed by atoms with van der Waals surface area (Å²) in [6, 6.07) is 21.5. The van der Waals surface area contributed by atoms with Gasteiger partial charge in [-0.05, 0) is 54.4 Å². The van der Waals surface area contributed by atoms with Gasteiger partial charge < -0.3 is 14.8 Å². The Morgan fingerprint density at radius 1 is 0.879 bits per heavy atom. The van der Waals surface area contributed by atoms with Gasteiger partial charge in [0.1, 0.15) is 11.8 Å². The fourth-order valence-electron chi connectivity index (χ4n) is 2.94. The van der Waals surface area contributed by atoms with Gasteiger partial charge in [0, 0.05) is 5.69 Å². The number of hydrogen-bond acceptors (Lipinski definition) is 6. The van der Waals surface area contributed by atoms with E-state index >= 15 is 0 Å². The molecule has 1 amide bonds. The summed E-state index contributed by atoms with van der Waals surface area (Å²) < 4.78 is 37.0. The van der Waals surface area contributed by atoms with E-state index in [-0.39, 0.29) is 4.90 Å². The highest BCUT2D eigenvalue weighted by Crippen LogP contribution is 2.21.